The van der Waals surface area contributed by atoms with Crippen LogP contribution in [0.1, 0.15) is 16.2 Å². The third-order valence-corrected chi connectivity index (χ3v) is 3.81. The third-order valence-electron chi connectivity index (χ3n) is 3.81. The molecule has 0 saturated heterocycles. The summed E-state index contributed by atoms with van der Waals surface area (Å²) in [6.07, 6.45) is 4.13. The fourth-order valence-electron chi connectivity index (χ4n) is 2.52. The Bertz CT molecular complexity index is 971. The summed E-state index contributed by atoms with van der Waals surface area (Å²) in [5.41, 5.74) is 3.70. The molecule has 0 atom stereocenters. The number of rotatable bonds is 5. The number of hydrogen-bond donors (Lipinski definition) is 3. The largest absolute Gasteiger partial charge is 0.341 e. The Balaban J connectivity index is 0.000000272. The predicted molar refractivity (Wildman–Crippen MR) is 121 cm³/mol. The van der Waals surface area contributed by atoms with E-state index in [1.54, 1.807) is 0 Å². The van der Waals surface area contributed by atoms with Crippen molar-refractivity contribution in [1.29, 1.82) is 0 Å². The number of aromatic amines is 2. The number of aldehydes is 1. The zero-order valence-corrected chi connectivity index (χ0v) is 17.5. The maximum atomic E-state index is 10.4. The number of carbonyl (C=O) groups is 1. The minimum atomic E-state index is 0. The first-order chi connectivity index (χ1) is 13.3. The molecule has 152 valence electrons. The Labute approximate surface area is 182 Å². The van der Waals surface area contributed by atoms with Crippen LogP contribution >= 0.6 is 24.8 Å². The van der Waals surface area contributed by atoms with E-state index in [2.05, 4.69) is 25.3 Å². The molecule has 4 rings (SSSR count). The van der Waals surface area contributed by atoms with E-state index in [1.165, 1.54) is 6.20 Å². The van der Waals surface area contributed by atoms with E-state index in [0.29, 0.717) is 5.69 Å². The number of aromatic nitrogens is 4. The van der Waals surface area contributed by atoms with Crippen molar-refractivity contribution in [2.45, 2.75) is 6.54 Å². The standard InChI is InChI=1S/C11H13N3.C10H8N2O.2ClH/c1-12-7-10-8-13-11(14-10)9-5-3-2-4-6-9;13-7-9-6-11-10(12-9)8-4-2-1-3-5-8;;/h2-6,8,12H,7H2,1H3,(H,13,14);1-7H,(H,11,12);2*1H. The number of imidazole rings is 2. The first kappa shape index (κ1) is 24.1. The third kappa shape index (κ3) is 6.87. The van der Waals surface area contributed by atoms with Gasteiger partial charge in [-0.1, -0.05) is 60.7 Å². The number of hydrogen-bond acceptors (Lipinski definition) is 4. The van der Waals surface area contributed by atoms with Crippen LogP contribution in [0, 0.1) is 0 Å². The summed E-state index contributed by atoms with van der Waals surface area (Å²) in [4.78, 5) is 24.9. The Morgan fingerprint density at radius 1 is 0.828 bits per heavy atom. The van der Waals surface area contributed by atoms with Gasteiger partial charge in [0.05, 0.1) is 11.9 Å². The van der Waals surface area contributed by atoms with Crippen molar-refractivity contribution in [3.63, 3.8) is 0 Å². The van der Waals surface area contributed by atoms with Crippen LogP contribution in [0.2, 0.25) is 0 Å². The van der Waals surface area contributed by atoms with E-state index in [-0.39, 0.29) is 24.8 Å². The van der Waals surface area contributed by atoms with Crippen molar-refractivity contribution in [2.75, 3.05) is 7.05 Å². The van der Waals surface area contributed by atoms with Crippen LogP contribution in [0.5, 0.6) is 0 Å². The summed E-state index contributed by atoms with van der Waals surface area (Å²) < 4.78 is 0. The summed E-state index contributed by atoms with van der Waals surface area (Å²) in [5.74, 6) is 1.65. The van der Waals surface area contributed by atoms with Gasteiger partial charge in [-0.05, 0) is 7.05 Å². The summed E-state index contributed by atoms with van der Waals surface area (Å²) >= 11 is 0. The fourth-order valence-corrected chi connectivity index (χ4v) is 2.52. The number of carbonyl (C=O) groups excluding carboxylic acids is 1. The number of nitrogens with zero attached hydrogens (tertiary/aromatic N) is 2. The second kappa shape index (κ2) is 12.5. The summed E-state index contributed by atoms with van der Waals surface area (Å²) in [6.45, 7) is 0.819. The van der Waals surface area contributed by atoms with Crippen LogP contribution in [-0.2, 0) is 6.54 Å². The molecule has 0 aliphatic rings. The molecule has 0 spiro atoms. The van der Waals surface area contributed by atoms with Gasteiger partial charge >= 0.3 is 0 Å². The highest BCUT2D eigenvalue weighted by Crippen LogP contribution is 2.14. The van der Waals surface area contributed by atoms with Gasteiger partial charge < -0.3 is 15.3 Å². The molecule has 8 heteroatoms. The summed E-state index contributed by atoms with van der Waals surface area (Å²) in [6, 6.07) is 19.8. The molecule has 0 fully saturated rings. The van der Waals surface area contributed by atoms with Gasteiger partial charge in [-0.25, -0.2) is 9.97 Å². The van der Waals surface area contributed by atoms with Gasteiger partial charge in [-0.2, -0.15) is 0 Å². The Hall–Kier alpha value is -2.93. The maximum absolute atomic E-state index is 10.4. The minimum Gasteiger partial charge on any atom is -0.341 e. The van der Waals surface area contributed by atoms with Crippen molar-refractivity contribution in [3.8, 4) is 22.8 Å². The maximum Gasteiger partial charge on any atom is 0.167 e. The van der Waals surface area contributed by atoms with E-state index in [4.69, 9.17) is 0 Å². The Morgan fingerprint density at radius 3 is 1.83 bits per heavy atom. The second-order valence-corrected chi connectivity index (χ2v) is 5.82. The highest BCUT2D eigenvalue weighted by Gasteiger charge is 2.01. The lowest BCUT2D eigenvalue weighted by molar-refractivity contribution is 0.111. The van der Waals surface area contributed by atoms with E-state index in [0.717, 1.165) is 41.3 Å². The lowest BCUT2D eigenvalue weighted by atomic mass is 10.2. The molecule has 4 aromatic rings. The lowest BCUT2D eigenvalue weighted by Crippen LogP contribution is -2.04. The molecule has 6 nitrogen and oxygen atoms in total. The van der Waals surface area contributed by atoms with Crippen molar-refractivity contribution >= 4 is 31.1 Å². The molecule has 0 radical (unpaired) electrons. The Morgan fingerprint density at radius 2 is 1.34 bits per heavy atom. The SMILES string of the molecule is CNCc1cnc(-c2ccccc2)[nH]1.Cl.Cl.O=Cc1cnc(-c2ccccc2)[nH]1. The number of H-pyrrole nitrogens is 2. The van der Waals surface area contributed by atoms with Crippen molar-refractivity contribution < 1.29 is 4.79 Å². The van der Waals surface area contributed by atoms with E-state index < -0.39 is 0 Å². The van der Waals surface area contributed by atoms with Gasteiger partial charge in [-0.15, -0.1) is 24.8 Å². The zero-order chi connectivity index (χ0) is 18.9. The first-order valence-corrected chi connectivity index (χ1v) is 8.59. The lowest BCUT2D eigenvalue weighted by Gasteiger charge is -1.95. The molecule has 3 N–H and O–H groups in total. The fraction of sp³-hybridized carbons (Fsp3) is 0.0952. The van der Waals surface area contributed by atoms with Crippen LogP contribution in [0.25, 0.3) is 22.8 Å². The van der Waals surface area contributed by atoms with Crippen molar-refractivity contribution in [3.05, 3.63) is 84.4 Å². The van der Waals surface area contributed by atoms with Gasteiger partial charge in [-0.3, -0.25) is 4.79 Å². The van der Waals surface area contributed by atoms with E-state index >= 15 is 0 Å². The topological polar surface area (TPSA) is 86.5 Å². The van der Waals surface area contributed by atoms with Gasteiger partial charge in [0, 0.05) is 29.6 Å². The summed E-state index contributed by atoms with van der Waals surface area (Å²) in [5, 5.41) is 3.08. The van der Waals surface area contributed by atoms with E-state index in [1.807, 2.05) is 73.9 Å². The van der Waals surface area contributed by atoms with Gasteiger partial charge in [0.1, 0.15) is 11.6 Å². The molecule has 0 aliphatic carbocycles. The predicted octanol–water partition coefficient (Wildman–Crippen LogP) is 4.53. The zero-order valence-electron chi connectivity index (χ0n) is 15.8. The highest BCUT2D eigenvalue weighted by molar-refractivity contribution is 5.85. The van der Waals surface area contributed by atoms with Crippen molar-refractivity contribution in [1.82, 2.24) is 25.3 Å². The van der Waals surface area contributed by atoms with Crippen LogP contribution < -0.4 is 5.32 Å². The van der Waals surface area contributed by atoms with E-state index in [9.17, 15) is 4.79 Å². The molecule has 0 aliphatic heterocycles. The highest BCUT2D eigenvalue weighted by atomic mass is 35.5. The average molecular weight is 432 g/mol. The van der Waals surface area contributed by atoms with Crippen LogP contribution in [-0.4, -0.2) is 33.3 Å². The average Bonchev–Trinajstić information content (AvgIpc) is 3.40. The molecule has 0 unspecified atom stereocenters. The monoisotopic (exact) mass is 431 g/mol. The molecule has 0 amide bonds. The number of benzene rings is 2. The van der Waals surface area contributed by atoms with Crippen LogP contribution in [0.3, 0.4) is 0 Å². The normalized spacial score (nSPS) is 9.41. The smallest absolute Gasteiger partial charge is 0.167 e. The van der Waals surface area contributed by atoms with Crippen LogP contribution in [0.15, 0.2) is 73.1 Å². The van der Waals surface area contributed by atoms with Crippen LogP contribution in [0.4, 0.5) is 0 Å². The molecule has 0 bridgehead atoms. The number of halogens is 2. The molecule has 2 heterocycles. The minimum absolute atomic E-state index is 0. The molecule has 0 saturated carbocycles. The summed E-state index contributed by atoms with van der Waals surface area (Å²) in [7, 11) is 1.92. The Kier molecular flexibility index (Phi) is 10.4. The first-order valence-electron chi connectivity index (χ1n) is 8.59. The second-order valence-electron chi connectivity index (χ2n) is 5.82. The molecule has 29 heavy (non-hydrogen) atoms. The molecular weight excluding hydrogens is 409 g/mol. The van der Waals surface area contributed by atoms with Gasteiger partial charge in [0.15, 0.2) is 6.29 Å². The molecule has 2 aromatic heterocycles. The molecular formula is C21H23Cl2N5O. The number of nitrogens with one attached hydrogen (secondary N) is 3. The van der Waals surface area contributed by atoms with Crippen molar-refractivity contribution in [2.24, 2.45) is 0 Å². The quantitative estimate of drug-likeness (QED) is 0.405. The van der Waals surface area contributed by atoms with Gasteiger partial charge in [0.25, 0.3) is 0 Å². The molecule has 2 aromatic carbocycles. The van der Waals surface area contributed by atoms with Gasteiger partial charge in [0.2, 0.25) is 0 Å².